The first-order valence-corrected chi connectivity index (χ1v) is 26.4. The van der Waals surface area contributed by atoms with Crippen LogP contribution in [0, 0.1) is 0 Å². The number of ether oxygens (including phenoxy) is 1. The number of anilines is 2. The number of nitrogens with zero attached hydrogens (tertiary/aromatic N) is 4. The van der Waals surface area contributed by atoms with Gasteiger partial charge in [-0.2, -0.15) is 0 Å². The molecule has 374 valence electrons. The second kappa shape index (κ2) is 19.0. The molecule has 0 spiro atoms. The number of rotatable bonds is 11. The summed E-state index contributed by atoms with van der Waals surface area (Å²) in [5.74, 6) is 2.41. The van der Waals surface area contributed by atoms with Gasteiger partial charge in [-0.05, 0) is 122 Å². The third-order valence-electron chi connectivity index (χ3n) is 15.6. The highest BCUT2D eigenvalue weighted by Gasteiger charge is 2.31. The molecule has 8 aromatic carbocycles. The van der Waals surface area contributed by atoms with Crippen molar-refractivity contribution in [3.8, 4) is 28.4 Å². The largest absolute Gasteiger partial charge is 0.457 e. The Balaban J connectivity index is 1.05. The summed E-state index contributed by atoms with van der Waals surface area (Å²) >= 11 is 0. The number of benzene rings is 8. The van der Waals surface area contributed by atoms with E-state index in [9.17, 15) is 0 Å². The molecule has 0 unspecified atom stereocenters. The highest BCUT2D eigenvalue weighted by molar-refractivity contribution is 6.10. The number of hydrogen-bond acceptors (Lipinski definition) is 4. The first-order chi connectivity index (χ1) is 35.9. The SMILES string of the molecule is CC(C)(C)c1ccnc(-n2c3ccc(C(C)(C)C)cc3c3ccc(Oc4cc(N5C=C(c6ccccc6)N(c6cc(-c7ccccc7)cc(C(C)(C)c7ccccc7)c6)C5)cc(C(C)(C)c5ccccc5)c4)cc32)c1. The van der Waals surface area contributed by atoms with Crippen LogP contribution < -0.4 is 14.5 Å². The lowest BCUT2D eigenvalue weighted by molar-refractivity contribution is 0.480. The Bertz CT molecular complexity index is 3730. The zero-order chi connectivity index (χ0) is 52.3. The first-order valence-electron chi connectivity index (χ1n) is 26.4. The van der Waals surface area contributed by atoms with E-state index >= 15 is 0 Å². The van der Waals surface area contributed by atoms with Crippen molar-refractivity contribution in [2.24, 2.45) is 0 Å². The fourth-order valence-electron chi connectivity index (χ4n) is 10.8. The summed E-state index contributed by atoms with van der Waals surface area (Å²) in [6, 6.07) is 75.0. The van der Waals surface area contributed by atoms with Crippen molar-refractivity contribution in [3.05, 3.63) is 258 Å². The van der Waals surface area contributed by atoms with Gasteiger partial charge in [0.25, 0.3) is 0 Å². The molecule has 5 nitrogen and oxygen atoms in total. The Morgan fingerprint density at radius 2 is 0.973 bits per heavy atom. The van der Waals surface area contributed by atoms with Gasteiger partial charge in [-0.15, -0.1) is 0 Å². The fourth-order valence-corrected chi connectivity index (χ4v) is 10.8. The average molecular weight is 981 g/mol. The van der Waals surface area contributed by atoms with Crippen molar-refractivity contribution in [2.45, 2.75) is 90.9 Å². The molecule has 0 N–H and O–H groups in total. The second-order valence-corrected chi connectivity index (χ2v) is 23.5. The Morgan fingerprint density at radius 1 is 0.400 bits per heavy atom. The van der Waals surface area contributed by atoms with E-state index in [1.807, 2.05) is 6.20 Å². The summed E-state index contributed by atoms with van der Waals surface area (Å²) in [5.41, 5.74) is 15.7. The number of aromatic nitrogens is 2. The van der Waals surface area contributed by atoms with E-state index in [0.29, 0.717) is 6.67 Å². The molecule has 5 heteroatoms. The normalized spacial score (nSPS) is 13.4. The molecule has 3 heterocycles. The van der Waals surface area contributed by atoms with Gasteiger partial charge in [0.1, 0.15) is 17.3 Å². The van der Waals surface area contributed by atoms with Gasteiger partial charge in [0.2, 0.25) is 0 Å². The van der Waals surface area contributed by atoms with Gasteiger partial charge in [-0.25, -0.2) is 4.98 Å². The quantitative estimate of drug-likeness (QED) is 0.129. The highest BCUT2D eigenvalue weighted by atomic mass is 16.5. The van der Waals surface area contributed by atoms with E-state index in [1.165, 1.54) is 44.3 Å². The van der Waals surface area contributed by atoms with Crippen LogP contribution in [0.5, 0.6) is 11.5 Å². The Labute approximate surface area is 444 Å². The molecular formula is C70H68N4O. The lowest BCUT2D eigenvalue weighted by atomic mass is 9.77. The Morgan fingerprint density at radius 3 is 1.60 bits per heavy atom. The van der Waals surface area contributed by atoms with Gasteiger partial charge in [0.15, 0.2) is 0 Å². The molecule has 75 heavy (non-hydrogen) atoms. The van der Waals surface area contributed by atoms with Crippen molar-refractivity contribution in [1.82, 2.24) is 9.55 Å². The van der Waals surface area contributed by atoms with Crippen LogP contribution in [-0.2, 0) is 21.7 Å². The lowest BCUT2D eigenvalue weighted by Gasteiger charge is -2.31. The van der Waals surface area contributed by atoms with Crippen molar-refractivity contribution >= 4 is 38.9 Å². The minimum atomic E-state index is -0.354. The minimum Gasteiger partial charge on any atom is -0.457 e. The van der Waals surface area contributed by atoms with Crippen LogP contribution in [0.3, 0.4) is 0 Å². The zero-order valence-corrected chi connectivity index (χ0v) is 45.2. The van der Waals surface area contributed by atoms with Gasteiger partial charge in [-0.3, -0.25) is 4.57 Å². The molecular weight excluding hydrogens is 913 g/mol. The summed E-state index contributed by atoms with van der Waals surface area (Å²) in [5, 5.41) is 2.36. The van der Waals surface area contributed by atoms with Gasteiger partial charge in [0.05, 0.1) is 23.4 Å². The maximum Gasteiger partial charge on any atom is 0.137 e. The molecule has 0 aliphatic carbocycles. The average Bonchev–Trinajstić information content (AvgIpc) is 4.03. The highest BCUT2D eigenvalue weighted by Crippen LogP contribution is 2.45. The summed E-state index contributed by atoms with van der Waals surface area (Å²) in [6.45, 7) is 23.5. The maximum absolute atomic E-state index is 7.19. The maximum atomic E-state index is 7.19. The third-order valence-corrected chi connectivity index (χ3v) is 15.6. The van der Waals surface area contributed by atoms with Gasteiger partial charge in [0, 0.05) is 57.5 Å². The standard InChI is InChI=1S/C70H68N4O/c1-67(2,3)53-31-34-63-62(42-53)61-33-32-59(45-64(61)74(63)66-43-54(35-36-71-66)68(4,5)6)75-60-41-56(70(9,10)52-29-21-14-22-30-52)39-57(44-60)72-46-65(49-25-17-12-18-26-49)73(47-72)58-38-50(48-23-15-11-16-24-48)37-55(40-58)69(7,8)51-27-19-13-20-28-51/h11-46H,47H2,1-10H3. The second-order valence-electron chi connectivity index (χ2n) is 23.5. The summed E-state index contributed by atoms with van der Waals surface area (Å²) in [7, 11) is 0. The van der Waals surface area contributed by atoms with Gasteiger partial charge >= 0.3 is 0 Å². The van der Waals surface area contributed by atoms with E-state index in [1.54, 1.807) is 0 Å². The summed E-state index contributed by atoms with van der Waals surface area (Å²) in [4.78, 5) is 9.88. The van der Waals surface area contributed by atoms with Crippen molar-refractivity contribution in [3.63, 3.8) is 0 Å². The van der Waals surface area contributed by atoms with E-state index in [2.05, 4.69) is 296 Å². The molecule has 0 amide bonds. The van der Waals surface area contributed by atoms with Gasteiger partial charge < -0.3 is 14.5 Å². The molecule has 0 atom stereocenters. The van der Waals surface area contributed by atoms with E-state index in [-0.39, 0.29) is 21.7 Å². The zero-order valence-electron chi connectivity index (χ0n) is 45.2. The summed E-state index contributed by atoms with van der Waals surface area (Å²) in [6.07, 6.45) is 4.26. The third kappa shape index (κ3) is 9.53. The topological polar surface area (TPSA) is 33.5 Å². The molecule has 0 saturated heterocycles. The van der Waals surface area contributed by atoms with Crippen LogP contribution in [0.15, 0.2) is 219 Å². The molecule has 0 bridgehead atoms. The van der Waals surface area contributed by atoms with E-state index in [0.717, 1.165) is 61.9 Å². The Kier molecular flexibility index (Phi) is 12.4. The van der Waals surface area contributed by atoms with Crippen LogP contribution >= 0.6 is 0 Å². The number of fused-ring (bicyclic) bond motifs is 3. The smallest absolute Gasteiger partial charge is 0.137 e. The van der Waals surface area contributed by atoms with Crippen molar-refractivity contribution < 1.29 is 4.74 Å². The van der Waals surface area contributed by atoms with Crippen LogP contribution in [0.1, 0.15) is 108 Å². The van der Waals surface area contributed by atoms with Crippen LogP contribution in [0.2, 0.25) is 0 Å². The monoisotopic (exact) mass is 981 g/mol. The molecule has 1 aliphatic heterocycles. The number of hydrogen-bond donors (Lipinski definition) is 0. The predicted octanol–water partition coefficient (Wildman–Crippen LogP) is 18.2. The Hall–Kier alpha value is -8.15. The molecule has 0 fully saturated rings. The predicted molar refractivity (Wildman–Crippen MR) is 316 cm³/mol. The van der Waals surface area contributed by atoms with Crippen LogP contribution in [-0.4, -0.2) is 16.2 Å². The number of pyridine rings is 1. The molecule has 11 rings (SSSR count). The van der Waals surface area contributed by atoms with Crippen molar-refractivity contribution in [2.75, 3.05) is 16.5 Å². The lowest BCUT2D eigenvalue weighted by Crippen LogP contribution is -2.27. The molecule has 1 aliphatic rings. The van der Waals surface area contributed by atoms with Crippen LogP contribution in [0.25, 0.3) is 44.4 Å². The van der Waals surface area contributed by atoms with Crippen LogP contribution in [0.4, 0.5) is 11.4 Å². The summed E-state index contributed by atoms with van der Waals surface area (Å²) < 4.78 is 9.50. The molecule has 10 aromatic rings. The fraction of sp³-hybridized carbons (Fsp3) is 0.214. The van der Waals surface area contributed by atoms with Crippen molar-refractivity contribution in [1.29, 1.82) is 0 Å². The van der Waals surface area contributed by atoms with E-state index in [4.69, 9.17) is 9.72 Å². The minimum absolute atomic E-state index is 0.00976. The first kappa shape index (κ1) is 49.1. The molecule has 2 aromatic heterocycles. The van der Waals surface area contributed by atoms with E-state index < -0.39 is 0 Å². The molecule has 0 radical (unpaired) electrons. The van der Waals surface area contributed by atoms with Gasteiger partial charge in [-0.1, -0.05) is 203 Å². The molecule has 0 saturated carbocycles.